The third-order valence-electron chi connectivity index (χ3n) is 3.64. The SMILES string of the molecule is CC(C)CN(CC(N)=O)C(=O)CC1CCC(N)CC1. The quantitative estimate of drug-likeness (QED) is 0.749. The van der Waals surface area contributed by atoms with Gasteiger partial charge in [-0.2, -0.15) is 0 Å². The van der Waals surface area contributed by atoms with Gasteiger partial charge in [0.05, 0.1) is 6.54 Å². The average molecular weight is 269 g/mol. The molecule has 0 radical (unpaired) electrons. The van der Waals surface area contributed by atoms with Gasteiger partial charge in [-0.1, -0.05) is 13.8 Å². The van der Waals surface area contributed by atoms with Crippen LogP contribution in [-0.2, 0) is 9.59 Å². The van der Waals surface area contributed by atoms with Crippen LogP contribution in [0.1, 0.15) is 46.0 Å². The maximum Gasteiger partial charge on any atom is 0.237 e. The van der Waals surface area contributed by atoms with Crippen LogP contribution in [0.3, 0.4) is 0 Å². The van der Waals surface area contributed by atoms with Gasteiger partial charge in [0.1, 0.15) is 0 Å². The Morgan fingerprint density at radius 3 is 2.26 bits per heavy atom. The number of amides is 2. The number of carbonyl (C=O) groups excluding carboxylic acids is 2. The van der Waals surface area contributed by atoms with Crippen LogP contribution < -0.4 is 11.5 Å². The molecule has 5 heteroatoms. The largest absolute Gasteiger partial charge is 0.368 e. The minimum atomic E-state index is -0.445. The summed E-state index contributed by atoms with van der Waals surface area (Å²) in [6, 6.07) is 0.295. The van der Waals surface area contributed by atoms with Gasteiger partial charge >= 0.3 is 0 Å². The van der Waals surface area contributed by atoms with E-state index in [1.165, 1.54) is 0 Å². The fourth-order valence-electron chi connectivity index (χ4n) is 2.65. The summed E-state index contributed by atoms with van der Waals surface area (Å²) in [6.07, 6.45) is 4.54. The zero-order chi connectivity index (χ0) is 14.4. The van der Waals surface area contributed by atoms with Crippen LogP contribution in [0.25, 0.3) is 0 Å². The van der Waals surface area contributed by atoms with E-state index >= 15 is 0 Å². The Morgan fingerprint density at radius 1 is 1.21 bits per heavy atom. The third-order valence-corrected chi connectivity index (χ3v) is 3.64. The van der Waals surface area contributed by atoms with Gasteiger partial charge < -0.3 is 16.4 Å². The van der Waals surface area contributed by atoms with Gasteiger partial charge in [-0.05, 0) is 37.5 Å². The first-order chi connectivity index (χ1) is 8.88. The maximum absolute atomic E-state index is 12.3. The van der Waals surface area contributed by atoms with E-state index in [2.05, 4.69) is 0 Å². The predicted molar refractivity (Wildman–Crippen MR) is 75.2 cm³/mol. The lowest BCUT2D eigenvalue weighted by Gasteiger charge is -2.29. The number of hydrogen-bond acceptors (Lipinski definition) is 3. The zero-order valence-corrected chi connectivity index (χ0v) is 12.1. The van der Waals surface area contributed by atoms with E-state index in [0.717, 1.165) is 25.7 Å². The molecule has 0 aromatic rings. The van der Waals surface area contributed by atoms with Crippen LogP contribution in [0.4, 0.5) is 0 Å². The zero-order valence-electron chi connectivity index (χ0n) is 12.1. The van der Waals surface area contributed by atoms with E-state index in [1.807, 2.05) is 13.8 Å². The monoisotopic (exact) mass is 269 g/mol. The Kier molecular flexibility index (Phi) is 6.28. The van der Waals surface area contributed by atoms with Crippen molar-refractivity contribution in [1.82, 2.24) is 4.90 Å². The third kappa shape index (κ3) is 6.05. The lowest BCUT2D eigenvalue weighted by atomic mass is 9.84. The van der Waals surface area contributed by atoms with Gasteiger partial charge in [0.25, 0.3) is 0 Å². The number of primary amides is 1. The van der Waals surface area contributed by atoms with E-state index in [4.69, 9.17) is 11.5 Å². The van der Waals surface area contributed by atoms with E-state index in [-0.39, 0.29) is 12.5 Å². The summed E-state index contributed by atoms with van der Waals surface area (Å²) in [7, 11) is 0. The molecule has 0 saturated heterocycles. The van der Waals surface area contributed by atoms with Gasteiger partial charge in [0, 0.05) is 19.0 Å². The molecule has 5 nitrogen and oxygen atoms in total. The van der Waals surface area contributed by atoms with Crippen molar-refractivity contribution in [2.75, 3.05) is 13.1 Å². The smallest absolute Gasteiger partial charge is 0.237 e. The van der Waals surface area contributed by atoms with Gasteiger partial charge in [-0.3, -0.25) is 9.59 Å². The number of nitrogens with two attached hydrogens (primary N) is 2. The molecule has 0 spiro atoms. The summed E-state index contributed by atoms with van der Waals surface area (Å²) < 4.78 is 0. The van der Waals surface area contributed by atoms with Crippen molar-refractivity contribution in [3.63, 3.8) is 0 Å². The number of rotatable bonds is 6. The molecule has 1 saturated carbocycles. The molecule has 1 rings (SSSR count). The molecule has 1 aliphatic rings. The van der Waals surface area contributed by atoms with Gasteiger partial charge in [0.2, 0.25) is 11.8 Å². The van der Waals surface area contributed by atoms with Crippen molar-refractivity contribution < 1.29 is 9.59 Å². The number of nitrogens with zero attached hydrogens (tertiary/aromatic N) is 1. The van der Waals surface area contributed by atoms with Crippen molar-refractivity contribution in [1.29, 1.82) is 0 Å². The lowest BCUT2D eigenvalue weighted by molar-refractivity contribution is -0.136. The standard InChI is InChI=1S/C14H27N3O2/c1-10(2)8-17(9-13(16)18)14(19)7-11-3-5-12(15)6-4-11/h10-12H,3-9,15H2,1-2H3,(H2,16,18). The summed E-state index contributed by atoms with van der Waals surface area (Å²) in [5, 5.41) is 0. The molecule has 0 bridgehead atoms. The molecular formula is C14H27N3O2. The molecule has 0 unspecified atom stereocenters. The van der Waals surface area contributed by atoms with Crippen molar-refractivity contribution in [2.45, 2.75) is 52.0 Å². The van der Waals surface area contributed by atoms with Crippen molar-refractivity contribution in [3.05, 3.63) is 0 Å². The molecular weight excluding hydrogens is 242 g/mol. The molecule has 110 valence electrons. The summed E-state index contributed by atoms with van der Waals surface area (Å²) in [4.78, 5) is 24.9. The van der Waals surface area contributed by atoms with Gasteiger partial charge in [0.15, 0.2) is 0 Å². The van der Waals surface area contributed by atoms with Crippen LogP contribution in [0.5, 0.6) is 0 Å². The second-order valence-corrected chi connectivity index (χ2v) is 6.12. The maximum atomic E-state index is 12.3. The van der Waals surface area contributed by atoms with E-state index in [0.29, 0.717) is 30.8 Å². The molecule has 0 aromatic heterocycles. The molecule has 2 amide bonds. The summed E-state index contributed by atoms with van der Waals surface area (Å²) >= 11 is 0. The Morgan fingerprint density at radius 2 is 1.79 bits per heavy atom. The molecule has 4 N–H and O–H groups in total. The van der Waals surface area contributed by atoms with Crippen molar-refractivity contribution in [2.24, 2.45) is 23.3 Å². The van der Waals surface area contributed by atoms with Crippen LogP contribution in [-0.4, -0.2) is 35.8 Å². The highest BCUT2D eigenvalue weighted by atomic mass is 16.2. The fraction of sp³-hybridized carbons (Fsp3) is 0.857. The molecule has 1 fully saturated rings. The first kappa shape index (κ1) is 16.0. The highest BCUT2D eigenvalue weighted by Crippen LogP contribution is 2.26. The Hall–Kier alpha value is -1.10. The van der Waals surface area contributed by atoms with E-state index < -0.39 is 5.91 Å². The van der Waals surface area contributed by atoms with Gasteiger partial charge in [-0.15, -0.1) is 0 Å². The summed E-state index contributed by atoms with van der Waals surface area (Å²) in [6.45, 7) is 4.68. The predicted octanol–water partition coefficient (Wildman–Crippen LogP) is 0.864. The Bertz CT molecular complexity index is 310. The summed E-state index contributed by atoms with van der Waals surface area (Å²) in [5.41, 5.74) is 11.1. The summed E-state index contributed by atoms with van der Waals surface area (Å²) in [5.74, 6) is 0.352. The van der Waals surface area contributed by atoms with Gasteiger partial charge in [-0.25, -0.2) is 0 Å². The van der Waals surface area contributed by atoms with Crippen LogP contribution in [0.2, 0.25) is 0 Å². The minimum Gasteiger partial charge on any atom is -0.368 e. The van der Waals surface area contributed by atoms with E-state index in [9.17, 15) is 9.59 Å². The fourth-order valence-corrected chi connectivity index (χ4v) is 2.65. The topological polar surface area (TPSA) is 89.4 Å². The van der Waals surface area contributed by atoms with E-state index in [1.54, 1.807) is 4.90 Å². The van der Waals surface area contributed by atoms with Crippen molar-refractivity contribution in [3.8, 4) is 0 Å². The van der Waals surface area contributed by atoms with Crippen LogP contribution in [0, 0.1) is 11.8 Å². The van der Waals surface area contributed by atoms with Crippen molar-refractivity contribution >= 4 is 11.8 Å². The molecule has 0 heterocycles. The second kappa shape index (κ2) is 7.48. The number of hydrogen-bond donors (Lipinski definition) is 2. The Balaban J connectivity index is 2.48. The van der Waals surface area contributed by atoms with Crippen LogP contribution >= 0.6 is 0 Å². The Labute approximate surface area is 115 Å². The first-order valence-electron chi connectivity index (χ1n) is 7.20. The molecule has 0 atom stereocenters. The minimum absolute atomic E-state index is 0.0310. The highest BCUT2D eigenvalue weighted by molar-refractivity contribution is 5.83. The second-order valence-electron chi connectivity index (χ2n) is 6.12. The first-order valence-corrected chi connectivity index (χ1v) is 7.20. The lowest BCUT2D eigenvalue weighted by Crippen LogP contribution is -2.41. The molecule has 0 aliphatic heterocycles. The average Bonchev–Trinajstić information content (AvgIpc) is 2.30. The molecule has 19 heavy (non-hydrogen) atoms. The number of carbonyl (C=O) groups is 2. The van der Waals surface area contributed by atoms with Crippen LogP contribution in [0.15, 0.2) is 0 Å². The highest BCUT2D eigenvalue weighted by Gasteiger charge is 2.24. The molecule has 1 aliphatic carbocycles. The molecule has 0 aromatic carbocycles. The normalized spacial score (nSPS) is 23.4.